The van der Waals surface area contributed by atoms with E-state index in [2.05, 4.69) is 9.88 Å². The first-order chi connectivity index (χ1) is 7.68. The first-order valence-electron chi connectivity index (χ1n) is 5.11. The molecular formula is C12H14N2OS. The van der Waals surface area contributed by atoms with E-state index in [9.17, 15) is 4.79 Å². The molecule has 16 heavy (non-hydrogen) atoms. The molecule has 2 rings (SSSR count). The predicted octanol–water partition coefficient (Wildman–Crippen LogP) is 2.33. The quantitative estimate of drug-likeness (QED) is 0.869. The molecule has 4 heteroatoms. The molecule has 0 saturated heterocycles. The summed E-state index contributed by atoms with van der Waals surface area (Å²) in [6.45, 7) is 2.62. The lowest BCUT2D eigenvalue weighted by Crippen LogP contribution is -2.23. The normalized spacial score (nSPS) is 10.4. The van der Waals surface area contributed by atoms with E-state index >= 15 is 0 Å². The summed E-state index contributed by atoms with van der Waals surface area (Å²) in [6.07, 6.45) is 0. The number of amides is 1. The average Bonchev–Trinajstić information content (AvgIpc) is 2.89. The van der Waals surface area contributed by atoms with Crippen molar-refractivity contribution in [3.05, 3.63) is 45.9 Å². The van der Waals surface area contributed by atoms with Gasteiger partial charge in [0.25, 0.3) is 5.91 Å². The van der Waals surface area contributed by atoms with Crippen LogP contribution < -0.4 is 5.32 Å². The van der Waals surface area contributed by atoms with Crippen LogP contribution in [0.3, 0.4) is 0 Å². The van der Waals surface area contributed by atoms with Gasteiger partial charge in [0.05, 0.1) is 11.4 Å². The third-order valence-corrected chi connectivity index (χ3v) is 3.52. The Balaban J connectivity index is 1.98. The fourth-order valence-corrected chi connectivity index (χ4v) is 2.15. The first kappa shape index (κ1) is 11.0. The predicted molar refractivity (Wildman–Crippen MR) is 65.6 cm³/mol. The van der Waals surface area contributed by atoms with E-state index in [1.807, 2.05) is 43.6 Å². The second kappa shape index (κ2) is 4.53. The van der Waals surface area contributed by atoms with Crippen LogP contribution in [0.25, 0.3) is 0 Å². The van der Waals surface area contributed by atoms with Crippen LogP contribution in [0.15, 0.2) is 29.6 Å². The largest absolute Gasteiger partial charge is 0.350 e. The lowest BCUT2D eigenvalue weighted by Gasteiger charge is -2.06. The topological polar surface area (TPSA) is 34.0 Å². The van der Waals surface area contributed by atoms with Crippen molar-refractivity contribution in [1.82, 2.24) is 9.88 Å². The van der Waals surface area contributed by atoms with Gasteiger partial charge in [-0.3, -0.25) is 4.79 Å². The zero-order valence-electron chi connectivity index (χ0n) is 9.36. The zero-order valence-corrected chi connectivity index (χ0v) is 10.2. The number of nitrogens with one attached hydrogen (secondary N) is 1. The fraction of sp³-hybridized carbons (Fsp3) is 0.250. The maximum Gasteiger partial charge on any atom is 0.261 e. The Labute approximate surface area is 98.7 Å². The standard InChI is InChI=1S/C12H14N2OS/c1-9-5-6-10(14(9)2)8-13-12(15)11-4-3-7-16-11/h3-7H,8H2,1-2H3,(H,13,15). The number of carbonyl (C=O) groups excluding carboxylic acids is 1. The molecule has 2 heterocycles. The molecule has 0 unspecified atom stereocenters. The molecule has 84 valence electrons. The van der Waals surface area contributed by atoms with E-state index in [0.717, 1.165) is 10.6 Å². The van der Waals surface area contributed by atoms with Gasteiger partial charge in [-0.15, -0.1) is 11.3 Å². The summed E-state index contributed by atoms with van der Waals surface area (Å²) >= 11 is 1.46. The van der Waals surface area contributed by atoms with Gasteiger partial charge >= 0.3 is 0 Å². The van der Waals surface area contributed by atoms with Crippen molar-refractivity contribution >= 4 is 17.2 Å². The number of carbonyl (C=O) groups is 1. The molecule has 2 aromatic rings. The van der Waals surface area contributed by atoms with E-state index < -0.39 is 0 Å². The summed E-state index contributed by atoms with van der Waals surface area (Å²) in [5, 5.41) is 4.81. The van der Waals surface area contributed by atoms with Gasteiger partial charge in [-0.1, -0.05) is 6.07 Å². The van der Waals surface area contributed by atoms with Crippen LogP contribution in [0, 0.1) is 6.92 Å². The second-order valence-electron chi connectivity index (χ2n) is 3.69. The van der Waals surface area contributed by atoms with Crippen molar-refractivity contribution in [3.8, 4) is 0 Å². The molecule has 1 N–H and O–H groups in total. The van der Waals surface area contributed by atoms with Crippen molar-refractivity contribution < 1.29 is 4.79 Å². The van der Waals surface area contributed by atoms with Crippen molar-refractivity contribution in [2.24, 2.45) is 7.05 Å². The number of aryl methyl sites for hydroxylation is 1. The highest BCUT2D eigenvalue weighted by Gasteiger charge is 2.07. The molecule has 0 saturated carbocycles. The van der Waals surface area contributed by atoms with Crippen LogP contribution in [-0.4, -0.2) is 10.5 Å². The first-order valence-corrected chi connectivity index (χ1v) is 5.99. The number of hydrogen-bond donors (Lipinski definition) is 1. The minimum Gasteiger partial charge on any atom is -0.350 e. The highest BCUT2D eigenvalue weighted by atomic mass is 32.1. The van der Waals surface area contributed by atoms with Gasteiger partial charge in [0, 0.05) is 18.4 Å². The van der Waals surface area contributed by atoms with Gasteiger partial charge in [0.2, 0.25) is 0 Å². The third-order valence-electron chi connectivity index (χ3n) is 2.65. The molecule has 3 nitrogen and oxygen atoms in total. The minimum absolute atomic E-state index is 0.00569. The molecule has 0 fully saturated rings. The van der Waals surface area contributed by atoms with E-state index in [4.69, 9.17) is 0 Å². The highest BCUT2D eigenvalue weighted by molar-refractivity contribution is 7.12. The average molecular weight is 234 g/mol. The summed E-state index contributed by atoms with van der Waals surface area (Å²) in [5.41, 5.74) is 2.31. The zero-order chi connectivity index (χ0) is 11.5. The molecule has 2 aromatic heterocycles. The third kappa shape index (κ3) is 2.17. The summed E-state index contributed by atoms with van der Waals surface area (Å²) in [4.78, 5) is 12.4. The van der Waals surface area contributed by atoms with Gasteiger partial charge in [-0.2, -0.15) is 0 Å². The molecule has 1 amide bonds. The fourth-order valence-electron chi connectivity index (χ4n) is 1.51. The lowest BCUT2D eigenvalue weighted by atomic mass is 10.4. The summed E-state index contributed by atoms with van der Waals surface area (Å²) in [6, 6.07) is 7.79. The van der Waals surface area contributed by atoms with Crippen molar-refractivity contribution in [1.29, 1.82) is 0 Å². The molecule has 0 bridgehead atoms. The number of rotatable bonds is 3. The SMILES string of the molecule is Cc1ccc(CNC(=O)c2cccs2)n1C. The number of thiophene rings is 1. The minimum atomic E-state index is -0.00569. The molecule has 0 atom stereocenters. The van der Waals surface area contributed by atoms with Crippen LogP contribution in [-0.2, 0) is 13.6 Å². The molecule has 0 spiro atoms. The number of aromatic nitrogens is 1. The van der Waals surface area contributed by atoms with E-state index in [1.165, 1.54) is 17.0 Å². The molecule has 0 aliphatic heterocycles. The number of nitrogens with zero attached hydrogens (tertiary/aromatic N) is 1. The Morgan fingerprint density at radius 2 is 2.25 bits per heavy atom. The van der Waals surface area contributed by atoms with E-state index in [1.54, 1.807) is 0 Å². The van der Waals surface area contributed by atoms with Crippen LogP contribution >= 0.6 is 11.3 Å². The Bertz CT molecular complexity index is 485. The second-order valence-corrected chi connectivity index (χ2v) is 4.63. The van der Waals surface area contributed by atoms with Crippen LogP contribution in [0.5, 0.6) is 0 Å². The number of hydrogen-bond acceptors (Lipinski definition) is 2. The molecule has 0 aliphatic carbocycles. The smallest absolute Gasteiger partial charge is 0.261 e. The van der Waals surface area contributed by atoms with Gasteiger partial charge in [0.1, 0.15) is 0 Å². The van der Waals surface area contributed by atoms with Gasteiger partial charge < -0.3 is 9.88 Å². The molecule has 0 radical (unpaired) electrons. The molecule has 0 aromatic carbocycles. The maximum atomic E-state index is 11.7. The Hall–Kier alpha value is -1.55. The molecule has 0 aliphatic rings. The van der Waals surface area contributed by atoms with Crippen molar-refractivity contribution in [2.45, 2.75) is 13.5 Å². The van der Waals surface area contributed by atoms with E-state index in [-0.39, 0.29) is 5.91 Å². The molecular weight excluding hydrogens is 220 g/mol. The van der Waals surface area contributed by atoms with Crippen molar-refractivity contribution in [3.63, 3.8) is 0 Å². The highest BCUT2D eigenvalue weighted by Crippen LogP contribution is 2.09. The Morgan fingerprint density at radius 1 is 1.44 bits per heavy atom. The van der Waals surface area contributed by atoms with Gasteiger partial charge in [-0.25, -0.2) is 0 Å². The Morgan fingerprint density at radius 3 is 2.81 bits per heavy atom. The summed E-state index contributed by atoms with van der Waals surface area (Å²) in [5.74, 6) is -0.00569. The van der Waals surface area contributed by atoms with E-state index in [0.29, 0.717) is 6.54 Å². The summed E-state index contributed by atoms with van der Waals surface area (Å²) in [7, 11) is 2.00. The van der Waals surface area contributed by atoms with Crippen LogP contribution in [0.2, 0.25) is 0 Å². The summed E-state index contributed by atoms with van der Waals surface area (Å²) < 4.78 is 2.08. The lowest BCUT2D eigenvalue weighted by molar-refractivity contribution is 0.0954. The van der Waals surface area contributed by atoms with Crippen LogP contribution in [0.4, 0.5) is 0 Å². The maximum absolute atomic E-state index is 11.7. The van der Waals surface area contributed by atoms with Crippen molar-refractivity contribution in [2.75, 3.05) is 0 Å². The monoisotopic (exact) mass is 234 g/mol. The van der Waals surface area contributed by atoms with Gasteiger partial charge in [-0.05, 0) is 30.5 Å². The van der Waals surface area contributed by atoms with Gasteiger partial charge in [0.15, 0.2) is 0 Å². The van der Waals surface area contributed by atoms with Crippen LogP contribution in [0.1, 0.15) is 21.1 Å². The Kier molecular flexibility index (Phi) is 3.10.